The lowest BCUT2D eigenvalue weighted by Gasteiger charge is -2.26. The van der Waals surface area contributed by atoms with E-state index in [1.54, 1.807) is 6.20 Å². The van der Waals surface area contributed by atoms with Crippen molar-refractivity contribution in [2.24, 2.45) is 0 Å². The van der Waals surface area contributed by atoms with Crippen molar-refractivity contribution < 1.29 is 14.3 Å². The summed E-state index contributed by atoms with van der Waals surface area (Å²) in [4.78, 5) is 16.6. The number of ether oxygens (including phenoxy) is 2. The van der Waals surface area contributed by atoms with E-state index in [-0.39, 0.29) is 12.0 Å². The Hall–Kier alpha value is -3.28. The Bertz CT molecular complexity index is 934. The molecule has 0 saturated heterocycles. The highest BCUT2D eigenvalue weighted by molar-refractivity contribution is 5.94. The first-order valence-corrected chi connectivity index (χ1v) is 8.92. The Morgan fingerprint density at radius 2 is 1.96 bits per heavy atom. The smallest absolute Gasteiger partial charge is 0.251 e. The van der Waals surface area contributed by atoms with Crippen molar-refractivity contribution in [3.8, 4) is 11.5 Å². The average Bonchev–Trinajstić information content (AvgIpc) is 3.11. The minimum absolute atomic E-state index is 0.122. The van der Waals surface area contributed by atoms with E-state index in [0.717, 1.165) is 23.7 Å². The maximum absolute atomic E-state index is 12.4. The number of nitrogens with one attached hydrogen (secondary N) is 1. The van der Waals surface area contributed by atoms with Crippen LogP contribution in [0.25, 0.3) is 0 Å². The lowest BCUT2D eigenvalue weighted by molar-refractivity contribution is 0.0789. The number of carbonyl (C=O) groups is 1. The van der Waals surface area contributed by atoms with Gasteiger partial charge >= 0.3 is 0 Å². The van der Waals surface area contributed by atoms with E-state index in [1.165, 1.54) is 0 Å². The molecule has 0 unspecified atom stereocenters. The molecule has 3 aromatic rings. The molecule has 0 aliphatic carbocycles. The van der Waals surface area contributed by atoms with E-state index in [4.69, 9.17) is 9.47 Å². The Morgan fingerprint density at radius 1 is 1.19 bits per heavy atom. The highest BCUT2D eigenvalue weighted by Crippen LogP contribution is 2.30. The topological polar surface area (TPSA) is 65.4 Å². The first kappa shape index (κ1) is 17.1. The molecule has 0 bridgehead atoms. The van der Waals surface area contributed by atoms with Crippen LogP contribution in [0, 0.1) is 6.92 Å². The van der Waals surface area contributed by atoms with Gasteiger partial charge in [-0.15, -0.1) is 0 Å². The molecule has 1 atom stereocenters. The average molecular weight is 363 g/mol. The largest absolute Gasteiger partial charge is 0.486 e. The number of hydrogen-bond donors (Lipinski definition) is 1. The zero-order valence-corrected chi connectivity index (χ0v) is 15.1. The summed E-state index contributed by atoms with van der Waals surface area (Å²) in [5.41, 5.74) is 1.74. The van der Waals surface area contributed by atoms with Crippen LogP contribution >= 0.6 is 0 Å². The van der Waals surface area contributed by atoms with Crippen molar-refractivity contribution in [1.29, 1.82) is 0 Å². The molecule has 1 aliphatic heterocycles. The van der Waals surface area contributed by atoms with Gasteiger partial charge in [0, 0.05) is 24.5 Å². The molecular weight excluding hydrogens is 342 g/mol. The lowest BCUT2D eigenvalue weighted by atomic mass is 10.1. The van der Waals surface area contributed by atoms with Gasteiger partial charge in [-0.25, -0.2) is 4.98 Å². The summed E-state index contributed by atoms with van der Waals surface area (Å²) < 4.78 is 13.6. The molecule has 1 amide bonds. The van der Waals surface area contributed by atoms with Crippen molar-refractivity contribution in [2.45, 2.75) is 19.6 Å². The molecule has 0 fully saturated rings. The maximum Gasteiger partial charge on any atom is 0.251 e. The quantitative estimate of drug-likeness (QED) is 0.757. The Kier molecular flexibility index (Phi) is 4.78. The van der Waals surface area contributed by atoms with Crippen LogP contribution in [-0.2, 0) is 6.54 Å². The second-order valence-corrected chi connectivity index (χ2v) is 6.51. The Balaban J connectivity index is 1.32. The number of carbonyl (C=O) groups excluding carboxylic acids is 1. The number of aryl methyl sites for hydroxylation is 1. The molecule has 0 spiro atoms. The number of aromatic nitrogens is 2. The predicted octanol–water partition coefficient (Wildman–Crippen LogP) is 2.81. The number of fused-ring (bicyclic) bond motifs is 1. The van der Waals surface area contributed by atoms with Gasteiger partial charge in [0.15, 0.2) is 11.5 Å². The molecule has 27 heavy (non-hydrogen) atoms. The molecule has 6 nitrogen and oxygen atoms in total. The summed E-state index contributed by atoms with van der Waals surface area (Å²) in [5.74, 6) is 2.29. The van der Waals surface area contributed by atoms with Gasteiger partial charge in [-0.2, -0.15) is 0 Å². The van der Waals surface area contributed by atoms with Crippen molar-refractivity contribution >= 4 is 5.91 Å². The molecule has 1 aliphatic rings. The normalized spacial score (nSPS) is 15.4. The van der Waals surface area contributed by atoms with Crippen LogP contribution in [-0.4, -0.2) is 34.7 Å². The summed E-state index contributed by atoms with van der Waals surface area (Å²) in [5, 5.41) is 2.91. The van der Waals surface area contributed by atoms with Crippen molar-refractivity contribution in [2.75, 3.05) is 13.2 Å². The highest BCUT2D eigenvalue weighted by atomic mass is 16.6. The van der Waals surface area contributed by atoms with E-state index in [2.05, 4.69) is 14.9 Å². The van der Waals surface area contributed by atoms with Gasteiger partial charge in [0.2, 0.25) is 0 Å². The first-order valence-electron chi connectivity index (χ1n) is 8.92. The molecule has 2 aromatic carbocycles. The van der Waals surface area contributed by atoms with Crippen LogP contribution in [0.3, 0.4) is 0 Å². The third-order valence-electron chi connectivity index (χ3n) is 4.55. The van der Waals surface area contributed by atoms with Crippen LogP contribution in [0.15, 0.2) is 60.9 Å². The second-order valence-electron chi connectivity index (χ2n) is 6.51. The van der Waals surface area contributed by atoms with E-state index < -0.39 is 0 Å². The van der Waals surface area contributed by atoms with Crippen LogP contribution in [0.4, 0.5) is 0 Å². The van der Waals surface area contributed by atoms with Crippen LogP contribution in [0.5, 0.6) is 11.5 Å². The summed E-state index contributed by atoms with van der Waals surface area (Å²) in [7, 11) is 0. The van der Waals surface area contributed by atoms with Gasteiger partial charge in [0.1, 0.15) is 18.5 Å². The molecule has 1 aromatic heterocycles. The van der Waals surface area contributed by atoms with Gasteiger partial charge < -0.3 is 19.4 Å². The lowest BCUT2D eigenvalue weighted by Crippen LogP contribution is -2.40. The zero-order valence-electron chi connectivity index (χ0n) is 15.1. The Labute approximate surface area is 157 Å². The van der Waals surface area contributed by atoms with Crippen molar-refractivity contribution in [3.05, 3.63) is 77.9 Å². The van der Waals surface area contributed by atoms with E-state index in [0.29, 0.717) is 24.5 Å². The number of rotatable bonds is 5. The predicted molar refractivity (Wildman–Crippen MR) is 101 cm³/mol. The number of benzene rings is 2. The minimum Gasteiger partial charge on any atom is -0.486 e. The SMILES string of the molecule is Cc1nccn1Cc1ccc(C(=O)NC[C@H]2COc3ccccc3O2)cc1. The second kappa shape index (κ2) is 7.53. The molecule has 0 saturated carbocycles. The fourth-order valence-electron chi connectivity index (χ4n) is 3.00. The third-order valence-corrected chi connectivity index (χ3v) is 4.55. The number of amides is 1. The minimum atomic E-state index is -0.202. The third kappa shape index (κ3) is 3.95. The molecular formula is C21H21N3O3. The molecule has 2 heterocycles. The van der Waals surface area contributed by atoms with E-state index >= 15 is 0 Å². The van der Waals surface area contributed by atoms with Gasteiger partial charge in [0.25, 0.3) is 5.91 Å². The van der Waals surface area contributed by atoms with E-state index in [1.807, 2.05) is 61.7 Å². The molecule has 4 rings (SSSR count). The van der Waals surface area contributed by atoms with Gasteiger partial charge in [-0.05, 0) is 36.8 Å². The number of nitrogens with zero attached hydrogens (tertiary/aromatic N) is 2. The summed E-state index contributed by atoms with van der Waals surface area (Å²) in [6.07, 6.45) is 3.53. The summed E-state index contributed by atoms with van der Waals surface area (Å²) >= 11 is 0. The first-order chi connectivity index (χ1) is 13.2. The number of para-hydroxylation sites is 2. The fourth-order valence-corrected chi connectivity index (χ4v) is 3.00. The van der Waals surface area contributed by atoms with Crippen LogP contribution in [0.1, 0.15) is 21.7 Å². The molecule has 0 radical (unpaired) electrons. The monoisotopic (exact) mass is 363 g/mol. The number of imidazole rings is 1. The number of hydrogen-bond acceptors (Lipinski definition) is 4. The van der Waals surface area contributed by atoms with Crippen molar-refractivity contribution in [3.63, 3.8) is 0 Å². The van der Waals surface area contributed by atoms with Gasteiger partial charge in [-0.3, -0.25) is 4.79 Å². The maximum atomic E-state index is 12.4. The zero-order chi connectivity index (χ0) is 18.6. The fraction of sp³-hybridized carbons (Fsp3) is 0.238. The molecule has 6 heteroatoms. The van der Waals surface area contributed by atoms with Gasteiger partial charge in [0.05, 0.1) is 6.54 Å². The van der Waals surface area contributed by atoms with Crippen LogP contribution < -0.4 is 14.8 Å². The standard InChI is InChI=1S/C21H21N3O3/c1-15-22-10-11-24(15)13-16-6-8-17(9-7-16)21(25)23-12-18-14-26-19-4-2-3-5-20(19)27-18/h2-11,18H,12-14H2,1H3,(H,23,25)/t18-/m0/s1. The summed E-state index contributed by atoms with van der Waals surface area (Å²) in [6, 6.07) is 15.1. The highest BCUT2D eigenvalue weighted by Gasteiger charge is 2.21. The Morgan fingerprint density at radius 3 is 2.70 bits per heavy atom. The summed E-state index contributed by atoms with van der Waals surface area (Å²) in [6.45, 7) is 3.52. The van der Waals surface area contributed by atoms with Gasteiger partial charge in [-0.1, -0.05) is 24.3 Å². The van der Waals surface area contributed by atoms with Crippen LogP contribution in [0.2, 0.25) is 0 Å². The molecule has 1 N–H and O–H groups in total. The molecule has 138 valence electrons. The van der Waals surface area contributed by atoms with E-state index in [9.17, 15) is 4.79 Å². The van der Waals surface area contributed by atoms with Crippen molar-refractivity contribution in [1.82, 2.24) is 14.9 Å².